The molecule has 2 heterocycles. The number of carboxylic acids is 1. The molecule has 5 rings (SSSR count). The van der Waals surface area contributed by atoms with Crippen molar-refractivity contribution in [1.82, 2.24) is 9.21 Å². The Balaban J connectivity index is 1.50. The molecule has 2 fully saturated rings. The van der Waals surface area contributed by atoms with Crippen molar-refractivity contribution in [3.05, 3.63) is 77.3 Å². The lowest BCUT2D eigenvalue weighted by molar-refractivity contribution is -0.143. The fraction of sp³-hybridized carbons (Fsp3) is 0.346. The summed E-state index contributed by atoms with van der Waals surface area (Å²) >= 11 is 7.14. The van der Waals surface area contributed by atoms with E-state index in [9.17, 15) is 18.3 Å². The minimum Gasteiger partial charge on any atom is -0.480 e. The Hall–Kier alpha value is -2.27. The van der Waals surface area contributed by atoms with Crippen LogP contribution in [0.25, 0.3) is 10.4 Å². The van der Waals surface area contributed by atoms with Crippen LogP contribution in [0.2, 0.25) is 5.02 Å². The minimum absolute atomic E-state index is 0.0894. The highest BCUT2D eigenvalue weighted by atomic mass is 35.5. The van der Waals surface area contributed by atoms with Gasteiger partial charge in [-0.3, -0.25) is 9.69 Å². The number of halogens is 1. The van der Waals surface area contributed by atoms with Gasteiger partial charge in [-0.1, -0.05) is 54.1 Å². The molecule has 7 nitrogen and oxygen atoms in total. The van der Waals surface area contributed by atoms with Gasteiger partial charge in [0.1, 0.15) is 9.75 Å². The molecular weight excluding hydrogens is 520 g/mol. The van der Waals surface area contributed by atoms with Crippen LogP contribution in [0.1, 0.15) is 17.9 Å². The van der Waals surface area contributed by atoms with Gasteiger partial charge in [-0.05, 0) is 41.8 Å². The first-order valence-corrected chi connectivity index (χ1v) is 14.4. The molecule has 36 heavy (non-hydrogen) atoms. The third-order valence-corrected chi connectivity index (χ3v) is 10.7. The van der Waals surface area contributed by atoms with E-state index in [0.29, 0.717) is 37.9 Å². The average Bonchev–Trinajstić information content (AvgIpc) is 3.43. The van der Waals surface area contributed by atoms with Crippen molar-refractivity contribution >= 4 is 38.9 Å². The van der Waals surface area contributed by atoms with Gasteiger partial charge in [-0.15, -0.1) is 11.3 Å². The maximum Gasteiger partial charge on any atom is 0.325 e. The second-order valence-corrected chi connectivity index (χ2v) is 12.7. The number of ether oxygens (including phenoxy) is 1. The van der Waals surface area contributed by atoms with Crippen LogP contribution < -0.4 is 0 Å². The SMILES string of the molecule is O=C(O)[C@@]1(N(CCN2CCOCC2)S(=O)(=O)c2ccc(-c3ccc(Cl)cc3)s2)C[C@@H]1c1ccccc1. The molecule has 1 saturated carbocycles. The Morgan fingerprint density at radius 3 is 2.44 bits per heavy atom. The van der Waals surface area contributed by atoms with Crippen LogP contribution in [0.15, 0.2) is 70.9 Å². The second-order valence-electron chi connectivity index (χ2n) is 9.05. The molecule has 2 aliphatic rings. The minimum atomic E-state index is -4.09. The number of morpholine rings is 1. The molecule has 0 bridgehead atoms. The molecule has 2 aromatic carbocycles. The van der Waals surface area contributed by atoms with Gasteiger partial charge in [0.15, 0.2) is 0 Å². The second kappa shape index (κ2) is 10.2. The predicted molar refractivity (Wildman–Crippen MR) is 140 cm³/mol. The molecule has 190 valence electrons. The number of nitrogens with zero attached hydrogens (tertiary/aromatic N) is 2. The van der Waals surface area contributed by atoms with E-state index in [1.807, 2.05) is 42.5 Å². The molecule has 1 aromatic heterocycles. The summed E-state index contributed by atoms with van der Waals surface area (Å²) in [6.45, 7) is 3.07. The lowest BCUT2D eigenvalue weighted by atomic mass is 10.1. The van der Waals surface area contributed by atoms with Gasteiger partial charge in [-0.2, -0.15) is 4.31 Å². The standard InChI is InChI=1S/C26H27ClN2O5S2/c27-21-8-6-20(7-9-21)23-10-11-24(35-23)36(32,33)29(13-12-28-14-16-34-17-15-28)26(25(30)31)18-22(26)19-4-2-1-3-5-19/h1-11,22H,12-18H2,(H,30,31)/t22-,26-/m1/s1. The summed E-state index contributed by atoms with van der Waals surface area (Å²) < 4.78 is 35.0. The van der Waals surface area contributed by atoms with E-state index in [1.54, 1.807) is 24.3 Å². The molecule has 1 N–H and O–H groups in total. The number of benzene rings is 2. The fourth-order valence-electron chi connectivity index (χ4n) is 4.88. The maximum absolute atomic E-state index is 14.1. The van der Waals surface area contributed by atoms with Crippen molar-refractivity contribution in [3.63, 3.8) is 0 Å². The molecule has 2 atom stereocenters. The molecule has 0 radical (unpaired) electrons. The highest BCUT2D eigenvalue weighted by Gasteiger charge is 2.68. The summed E-state index contributed by atoms with van der Waals surface area (Å²) in [7, 11) is -4.09. The number of rotatable bonds is 9. The summed E-state index contributed by atoms with van der Waals surface area (Å²) in [5.74, 6) is -1.53. The van der Waals surface area contributed by atoms with E-state index in [4.69, 9.17) is 16.3 Å². The third-order valence-electron chi connectivity index (χ3n) is 6.93. The third kappa shape index (κ3) is 4.83. The highest BCUT2D eigenvalue weighted by Crippen LogP contribution is 2.57. The van der Waals surface area contributed by atoms with E-state index in [1.165, 1.54) is 4.31 Å². The fourth-order valence-corrected chi connectivity index (χ4v) is 8.20. The molecule has 0 spiro atoms. The van der Waals surface area contributed by atoms with Crippen LogP contribution in [-0.4, -0.2) is 73.6 Å². The van der Waals surface area contributed by atoms with Crippen LogP contribution >= 0.6 is 22.9 Å². The van der Waals surface area contributed by atoms with Crippen molar-refractivity contribution < 1.29 is 23.1 Å². The van der Waals surface area contributed by atoms with Crippen molar-refractivity contribution in [3.8, 4) is 10.4 Å². The quantitative estimate of drug-likeness (QED) is 0.428. The maximum atomic E-state index is 14.1. The van der Waals surface area contributed by atoms with Gasteiger partial charge in [-0.25, -0.2) is 8.42 Å². The number of hydrogen-bond donors (Lipinski definition) is 1. The predicted octanol–water partition coefficient (Wildman–Crippen LogP) is 4.40. The Labute approximate surface area is 219 Å². The zero-order valence-electron chi connectivity index (χ0n) is 19.5. The zero-order chi connectivity index (χ0) is 25.3. The zero-order valence-corrected chi connectivity index (χ0v) is 21.9. The number of carboxylic acid groups (broad SMARTS) is 1. The molecule has 1 saturated heterocycles. The number of hydrogen-bond acceptors (Lipinski definition) is 6. The van der Waals surface area contributed by atoms with E-state index >= 15 is 0 Å². The molecule has 3 aromatic rings. The summed E-state index contributed by atoms with van der Waals surface area (Å²) in [5, 5.41) is 11.0. The van der Waals surface area contributed by atoms with Gasteiger partial charge in [0, 0.05) is 42.0 Å². The molecular formula is C26H27ClN2O5S2. The Kier molecular flexibility index (Phi) is 7.22. The van der Waals surface area contributed by atoms with Crippen LogP contribution in [0.5, 0.6) is 0 Å². The lowest BCUT2D eigenvalue weighted by Gasteiger charge is -2.33. The van der Waals surface area contributed by atoms with E-state index < -0.39 is 27.4 Å². The number of thiophene rings is 1. The largest absolute Gasteiger partial charge is 0.480 e. The molecule has 10 heteroatoms. The summed E-state index contributed by atoms with van der Waals surface area (Å²) in [4.78, 5) is 15.6. The average molecular weight is 547 g/mol. The van der Waals surface area contributed by atoms with E-state index in [-0.39, 0.29) is 17.2 Å². The van der Waals surface area contributed by atoms with Crippen LogP contribution in [0.3, 0.4) is 0 Å². The lowest BCUT2D eigenvalue weighted by Crippen LogP contribution is -2.51. The summed E-state index contributed by atoms with van der Waals surface area (Å²) in [6.07, 6.45) is 0.240. The molecule has 1 aliphatic carbocycles. The number of sulfonamides is 1. The first-order valence-electron chi connectivity index (χ1n) is 11.8. The summed E-state index contributed by atoms with van der Waals surface area (Å²) in [6, 6.07) is 19.8. The van der Waals surface area contributed by atoms with Gasteiger partial charge in [0.25, 0.3) is 10.0 Å². The Morgan fingerprint density at radius 2 is 1.78 bits per heavy atom. The first-order chi connectivity index (χ1) is 17.3. The first kappa shape index (κ1) is 25.4. The van der Waals surface area contributed by atoms with Crippen molar-refractivity contribution in [2.75, 3.05) is 39.4 Å². The highest BCUT2D eigenvalue weighted by molar-refractivity contribution is 7.91. The topological polar surface area (TPSA) is 87.2 Å². The Bertz CT molecular complexity index is 1320. The summed E-state index contributed by atoms with van der Waals surface area (Å²) in [5.41, 5.74) is 0.170. The molecule has 0 amide bonds. The molecule has 1 aliphatic heterocycles. The van der Waals surface area contributed by atoms with Crippen molar-refractivity contribution in [1.29, 1.82) is 0 Å². The number of aliphatic carboxylic acids is 1. The number of carbonyl (C=O) groups is 1. The van der Waals surface area contributed by atoms with Crippen molar-refractivity contribution in [2.24, 2.45) is 0 Å². The van der Waals surface area contributed by atoms with Gasteiger partial charge in [0.05, 0.1) is 13.2 Å². The van der Waals surface area contributed by atoms with Crippen LogP contribution in [0.4, 0.5) is 0 Å². The van der Waals surface area contributed by atoms with Crippen LogP contribution in [-0.2, 0) is 19.6 Å². The smallest absolute Gasteiger partial charge is 0.325 e. The normalized spacial score (nSPS) is 22.6. The van der Waals surface area contributed by atoms with Gasteiger partial charge >= 0.3 is 5.97 Å². The van der Waals surface area contributed by atoms with E-state index in [0.717, 1.165) is 27.3 Å². The molecule has 0 unspecified atom stereocenters. The van der Waals surface area contributed by atoms with E-state index in [2.05, 4.69) is 4.90 Å². The van der Waals surface area contributed by atoms with Crippen LogP contribution in [0, 0.1) is 0 Å². The van der Waals surface area contributed by atoms with Gasteiger partial charge < -0.3 is 9.84 Å². The monoisotopic (exact) mass is 546 g/mol. The van der Waals surface area contributed by atoms with Crippen molar-refractivity contribution in [2.45, 2.75) is 22.1 Å². The van der Waals surface area contributed by atoms with Gasteiger partial charge in [0.2, 0.25) is 0 Å². The Morgan fingerprint density at radius 1 is 1.08 bits per heavy atom.